The second-order valence-electron chi connectivity index (χ2n) is 4.19. The van der Waals surface area contributed by atoms with Gasteiger partial charge in [0.25, 0.3) is 5.91 Å². The van der Waals surface area contributed by atoms with Crippen LogP contribution >= 0.6 is 11.6 Å². The summed E-state index contributed by atoms with van der Waals surface area (Å²) < 4.78 is 4.93. The highest BCUT2D eigenvalue weighted by molar-refractivity contribution is 6.31. The molecule has 0 saturated carbocycles. The molecular weight excluding hydrogens is 280 g/mol. The molecular formula is C14H9ClN2O3. The summed E-state index contributed by atoms with van der Waals surface area (Å²) >= 11 is 5.84. The number of oxazole rings is 1. The van der Waals surface area contributed by atoms with E-state index < -0.39 is 5.76 Å². The Bertz CT molecular complexity index is 851. The van der Waals surface area contributed by atoms with Gasteiger partial charge in [-0.25, -0.2) is 4.79 Å². The summed E-state index contributed by atoms with van der Waals surface area (Å²) in [6.45, 7) is 0. The van der Waals surface area contributed by atoms with Crippen LogP contribution < -0.4 is 11.1 Å². The average molecular weight is 289 g/mol. The van der Waals surface area contributed by atoms with Crippen LogP contribution in [0.1, 0.15) is 10.4 Å². The van der Waals surface area contributed by atoms with Gasteiger partial charge in [0.05, 0.1) is 5.52 Å². The van der Waals surface area contributed by atoms with E-state index in [-0.39, 0.29) is 5.91 Å². The number of nitrogens with one attached hydrogen (secondary N) is 2. The predicted molar refractivity (Wildman–Crippen MR) is 76.2 cm³/mol. The minimum atomic E-state index is -0.529. The maximum Gasteiger partial charge on any atom is 0.417 e. The standard InChI is InChI=1S/C14H9ClN2O3/c15-9-3-1-2-8(6-9)13(18)16-10-4-5-11-12(7-10)20-14(19)17-11/h1-7H,(H,16,18)(H,17,19). The van der Waals surface area contributed by atoms with Gasteiger partial charge in [-0.3, -0.25) is 9.78 Å². The van der Waals surface area contributed by atoms with Crippen molar-refractivity contribution in [3.8, 4) is 0 Å². The van der Waals surface area contributed by atoms with Crippen LogP contribution in [0.5, 0.6) is 0 Å². The number of amides is 1. The summed E-state index contributed by atoms with van der Waals surface area (Å²) in [5.41, 5.74) is 1.95. The molecule has 0 fully saturated rings. The number of rotatable bonds is 2. The van der Waals surface area contributed by atoms with Crippen LogP contribution in [0.25, 0.3) is 11.1 Å². The van der Waals surface area contributed by atoms with E-state index in [0.29, 0.717) is 27.4 Å². The van der Waals surface area contributed by atoms with Crippen LogP contribution in [0.4, 0.5) is 5.69 Å². The molecule has 3 aromatic rings. The topological polar surface area (TPSA) is 75.1 Å². The lowest BCUT2D eigenvalue weighted by molar-refractivity contribution is 0.102. The molecule has 2 aromatic carbocycles. The Morgan fingerprint density at radius 1 is 1.20 bits per heavy atom. The zero-order chi connectivity index (χ0) is 14.1. The molecule has 0 aliphatic heterocycles. The summed E-state index contributed by atoms with van der Waals surface area (Å²) in [6, 6.07) is 11.5. The van der Waals surface area contributed by atoms with Crippen molar-refractivity contribution < 1.29 is 9.21 Å². The first-order chi connectivity index (χ1) is 9.61. The Balaban J connectivity index is 1.88. The molecule has 0 atom stereocenters. The number of hydrogen-bond donors (Lipinski definition) is 2. The van der Waals surface area contributed by atoms with E-state index in [1.807, 2.05) is 0 Å². The lowest BCUT2D eigenvalue weighted by Gasteiger charge is -2.05. The summed E-state index contributed by atoms with van der Waals surface area (Å²) in [5.74, 6) is -0.817. The van der Waals surface area contributed by atoms with E-state index in [4.69, 9.17) is 16.0 Å². The SMILES string of the molecule is O=C(Nc1ccc2[nH]c(=O)oc2c1)c1cccc(Cl)c1. The zero-order valence-electron chi connectivity index (χ0n) is 10.1. The molecule has 0 aliphatic carbocycles. The van der Waals surface area contributed by atoms with Gasteiger partial charge < -0.3 is 9.73 Å². The van der Waals surface area contributed by atoms with Gasteiger partial charge in [0.15, 0.2) is 5.58 Å². The number of fused-ring (bicyclic) bond motifs is 1. The zero-order valence-corrected chi connectivity index (χ0v) is 10.9. The van der Waals surface area contributed by atoms with Gasteiger partial charge in [-0.1, -0.05) is 17.7 Å². The molecule has 0 radical (unpaired) electrons. The van der Waals surface area contributed by atoms with E-state index in [1.165, 1.54) is 0 Å². The smallest absolute Gasteiger partial charge is 0.408 e. The van der Waals surface area contributed by atoms with E-state index >= 15 is 0 Å². The Morgan fingerprint density at radius 2 is 2.05 bits per heavy atom. The second-order valence-corrected chi connectivity index (χ2v) is 4.63. The molecule has 100 valence electrons. The molecule has 3 rings (SSSR count). The monoisotopic (exact) mass is 288 g/mol. The summed E-state index contributed by atoms with van der Waals surface area (Å²) in [7, 11) is 0. The summed E-state index contributed by atoms with van der Waals surface area (Å²) in [6.07, 6.45) is 0. The molecule has 1 heterocycles. The minimum Gasteiger partial charge on any atom is -0.408 e. The molecule has 0 unspecified atom stereocenters. The van der Waals surface area contributed by atoms with Gasteiger partial charge in [0.1, 0.15) is 0 Å². The lowest BCUT2D eigenvalue weighted by Crippen LogP contribution is -2.11. The molecule has 0 spiro atoms. The molecule has 1 aromatic heterocycles. The lowest BCUT2D eigenvalue weighted by atomic mass is 10.2. The first-order valence-electron chi connectivity index (χ1n) is 5.81. The summed E-state index contributed by atoms with van der Waals surface area (Å²) in [5, 5.41) is 3.20. The van der Waals surface area contributed by atoms with E-state index in [2.05, 4.69) is 10.3 Å². The Morgan fingerprint density at radius 3 is 2.85 bits per heavy atom. The van der Waals surface area contributed by atoms with Gasteiger partial charge in [-0.15, -0.1) is 0 Å². The highest BCUT2D eigenvalue weighted by Crippen LogP contribution is 2.18. The van der Waals surface area contributed by atoms with Crippen LogP contribution in [0.2, 0.25) is 5.02 Å². The molecule has 20 heavy (non-hydrogen) atoms. The van der Waals surface area contributed by atoms with Crippen LogP contribution in [0, 0.1) is 0 Å². The van der Waals surface area contributed by atoms with Gasteiger partial charge in [0.2, 0.25) is 0 Å². The fourth-order valence-corrected chi connectivity index (χ4v) is 2.05. The molecule has 0 bridgehead atoms. The number of benzene rings is 2. The van der Waals surface area contributed by atoms with Crippen molar-refractivity contribution in [3.05, 3.63) is 63.6 Å². The van der Waals surface area contributed by atoms with E-state index in [0.717, 1.165) is 0 Å². The number of anilines is 1. The Kier molecular flexibility index (Phi) is 3.04. The van der Waals surface area contributed by atoms with E-state index in [1.54, 1.807) is 42.5 Å². The van der Waals surface area contributed by atoms with Crippen LogP contribution in [-0.4, -0.2) is 10.9 Å². The van der Waals surface area contributed by atoms with Gasteiger partial charge in [-0.05, 0) is 30.3 Å². The number of aromatic amines is 1. The number of H-pyrrole nitrogens is 1. The van der Waals surface area contributed by atoms with Crippen molar-refractivity contribution >= 4 is 34.3 Å². The molecule has 5 nitrogen and oxygen atoms in total. The van der Waals surface area contributed by atoms with Crippen molar-refractivity contribution in [2.45, 2.75) is 0 Å². The van der Waals surface area contributed by atoms with Crippen molar-refractivity contribution in [2.24, 2.45) is 0 Å². The van der Waals surface area contributed by atoms with Gasteiger partial charge in [-0.2, -0.15) is 0 Å². The highest BCUT2D eigenvalue weighted by atomic mass is 35.5. The quantitative estimate of drug-likeness (QED) is 0.761. The third kappa shape index (κ3) is 2.44. The van der Waals surface area contributed by atoms with Crippen molar-refractivity contribution in [1.29, 1.82) is 0 Å². The Hall–Kier alpha value is -2.53. The maximum absolute atomic E-state index is 12.0. The van der Waals surface area contributed by atoms with Crippen molar-refractivity contribution in [2.75, 3.05) is 5.32 Å². The number of aromatic nitrogens is 1. The number of hydrogen-bond acceptors (Lipinski definition) is 3. The molecule has 1 amide bonds. The average Bonchev–Trinajstić information content (AvgIpc) is 2.78. The number of carbonyl (C=O) groups is 1. The first-order valence-corrected chi connectivity index (χ1v) is 6.19. The molecule has 0 saturated heterocycles. The molecule has 6 heteroatoms. The van der Waals surface area contributed by atoms with Crippen molar-refractivity contribution in [3.63, 3.8) is 0 Å². The van der Waals surface area contributed by atoms with Crippen LogP contribution in [-0.2, 0) is 0 Å². The highest BCUT2D eigenvalue weighted by Gasteiger charge is 2.08. The maximum atomic E-state index is 12.0. The van der Waals surface area contributed by atoms with E-state index in [9.17, 15) is 9.59 Å². The third-order valence-corrected chi connectivity index (χ3v) is 3.00. The molecule has 2 N–H and O–H groups in total. The number of carbonyl (C=O) groups excluding carboxylic acids is 1. The summed E-state index contributed by atoms with van der Waals surface area (Å²) in [4.78, 5) is 25.6. The van der Waals surface area contributed by atoms with Gasteiger partial charge >= 0.3 is 5.76 Å². The fourth-order valence-electron chi connectivity index (χ4n) is 1.86. The van der Waals surface area contributed by atoms with Crippen molar-refractivity contribution in [1.82, 2.24) is 4.98 Å². The van der Waals surface area contributed by atoms with Gasteiger partial charge in [0, 0.05) is 22.3 Å². The normalized spacial score (nSPS) is 10.7. The second kappa shape index (κ2) is 4.86. The minimum absolute atomic E-state index is 0.287. The van der Waals surface area contributed by atoms with Crippen LogP contribution in [0.3, 0.4) is 0 Å². The third-order valence-electron chi connectivity index (χ3n) is 2.77. The number of halogens is 1. The first kappa shape index (κ1) is 12.5. The fraction of sp³-hybridized carbons (Fsp3) is 0. The predicted octanol–water partition coefficient (Wildman–Crippen LogP) is 3.03. The largest absolute Gasteiger partial charge is 0.417 e. The Labute approximate surface area is 118 Å². The van der Waals surface area contributed by atoms with Crippen LogP contribution in [0.15, 0.2) is 51.7 Å². The molecule has 0 aliphatic rings.